The average molecular weight is 294 g/mol. The first-order chi connectivity index (χ1) is 10.2. The van der Waals surface area contributed by atoms with Gasteiger partial charge in [0.15, 0.2) is 0 Å². The summed E-state index contributed by atoms with van der Waals surface area (Å²) in [5.74, 6) is 1.15. The van der Waals surface area contributed by atoms with Gasteiger partial charge in [-0.2, -0.15) is 4.98 Å². The van der Waals surface area contributed by atoms with Crippen molar-refractivity contribution in [1.82, 2.24) is 20.4 Å². The van der Waals surface area contributed by atoms with Crippen molar-refractivity contribution in [3.8, 4) is 0 Å². The third-order valence-corrected chi connectivity index (χ3v) is 3.96. The van der Waals surface area contributed by atoms with Crippen molar-refractivity contribution in [2.75, 3.05) is 33.4 Å². The number of carbonyl (C=O) groups is 1. The number of nitrogens with zero attached hydrogens (tertiary/aromatic N) is 3. The molecule has 0 spiro atoms. The Balaban J connectivity index is 1.46. The molecule has 0 bridgehead atoms. The fraction of sp³-hybridized carbons (Fsp3) is 0.786. The van der Waals surface area contributed by atoms with Gasteiger partial charge in [-0.15, -0.1) is 0 Å². The number of aromatic nitrogens is 2. The van der Waals surface area contributed by atoms with Crippen molar-refractivity contribution < 1.29 is 14.1 Å². The maximum Gasteiger partial charge on any atom is 0.295 e. The molecule has 3 rings (SSSR count). The molecule has 1 aliphatic carbocycles. The molecule has 1 N–H and O–H groups in total. The third-order valence-electron chi connectivity index (χ3n) is 3.96. The Bertz CT molecular complexity index is 480. The zero-order valence-corrected chi connectivity index (χ0v) is 12.4. The molecule has 2 heterocycles. The summed E-state index contributed by atoms with van der Waals surface area (Å²) in [6.45, 7) is 2.85. The second-order valence-corrected chi connectivity index (χ2v) is 5.85. The van der Waals surface area contributed by atoms with Gasteiger partial charge < -0.3 is 19.5 Å². The van der Waals surface area contributed by atoms with E-state index in [-0.39, 0.29) is 17.8 Å². The molecule has 1 aliphatic heterocycles. The highest BCUT2D eigenvalue weighted by Gasteiger charge is 2.25. The quantitative estimate of drug-likeness (QED) is 0.755. The van der Waals surface area contributed by atoms with Gasteiger partial charge in [-0.3, -0.25) is 4.79 Å². The molecule has 7 heteroatoms. The van der Waals surface area contributed by atoms with Crippen LogP contribution in [0, 0.1) is 5.92 Å². The largest absolute Gasteiger partial charge is 0.379 e. The molecule has 2 aliphatic rings. The monoisotopic (exact) mass is 294 g/mol. The van der Waals surface area contributed by atoms with E-state index in [1.807, 2.05) is 0 Å². The van der Waals surface area contributed by atoms with Gasteiger partial charge in [0.1, 0.15) is 0 Å². The van der Waals surface area contributed by atoms with Crippen LogP contribution >= 0.6 is 0 Å². The van der Waals surface area contributed by atoms with Crippen molar-refractivity contribution in [2.24, 2.45) is 5.92 Å². The number of amides is 1. The van der Waals surface area contributed by atoms with Crippen LogP contribution in [-0.2, 0) is 4.74 Å². The summed E-state index contributed by atoms with van der Waals surface area (Å²) in [4.78, 5) is 18.0. The number of carbonyl (C=O) groups excluding carboxylic acids is 1. The van der Waals surface area contributed by atoms with E-state index in [9.17, 15) is 4.79 Å². The predicted octanol–water partition coefficient (Wildman–Crippen LogP) is 0.993. The minimum atomic E-state index is -0.224. The van der Waals surface area contributed by atoms with E-state index in [1.165, 1.54) is 12.8 Å². The summed E-state index contributed by atoms with van der Waals surface area (Å²) in [6.07, 6.45) is 4.61. The van der Waals surface area contributed by atoms with Crippen LogP contribution in [0.25, 0.3) is 0 Å². The van der Waals surface area contributed by atoms with E-state index < -0.39 is 0 Å². The molecule has 7 nitrogen and oxygen atoms in total. The Morgan fingerprint density at radius 1 is 1.48 bits per heavy atom. The third kappa shape index (κ3) is 3.79. The van der Waals surface area contributed by atoms with Crippen LogP contribution in [0.1, 0.15) is 48.2 Å². The van der Waals surface area contributed by atoms with Gasteiger partial charge in [-0.1, -0.05) is 5.16 Å². The van der Waals surface area contributed by atoms with Gasteiger partial charge in [0.2, 0.25) is 5.89 Å². The van der Waals surface area contributed by atoms with Gasteiger partial charge in [-0.25, -0.2) is 0 Å². The van der Waals surface area contributed by atoms with Crippen LogP contribution < -0.4 is 5.32 Å². The molecule has 21 heavy (non-hydrogen) atoms. The van der Waals surface area contributed by atoms with Crippen molar-refractivity contribution >= 4 is 5.91 Å². The molecule has 116 valence electrons. The second kappa shape index (κ2) is 6.53. The van der Waals surface area contributed by atoms with E-state index >= 15 is 0 Å². The lowest BCUT2D eigenvalue weighted by Crippen LogP contribution is -2.31. The molecule has 1 saturated heterocycles. The summed E-state index contributed by atoms with van der Waals surface area (Å²) >= 11 is 0. The second-order valence-electron chi connectivity index (χ2n) is 5.85. The molecule has 1 amide bonds. The number of hydrogen-bond acceptors (Lipinski definition) is 6. The van der Waals surface area contributed by atoms with Crippen LogP contribution in [0.4, 0.5) is 0 Å². The first kappa shape index (κ1) is 14.5. The first-order valence-corrected chi connectivity index (χ1v) is 7.64. The molecule has 1 unspecified atom stereocenters. The Morgan fingerprint density at radius 3 is 3.05 bits per heavy atom. The normalized spacial score (nSPS) is 21.7. The highest BCUT2D eigenvalue weighted by Crippen LogP contribution is 2.28. The van der Waals surface area contributed by atoms with E-state index in [0.717, 1.165) is 31.9 Å². The average Bonchev–Trinajstić information content (AvgIpc) is 2.96. The first-order valence-electron chi connectivity index (χ1n) is 7.64. The highest BCUT2D eigenvalue weighted by molar-refractivity contribution is 5.90. The van der Waals surface area contributed by atoms with Gasteiger partial charge in [-0.05, 0) is 38.1 Å². The Morgan fingerprint density at radius 2 is 2.33 bits per heavy atom. The molecular weight excluding hydrogens is 272 g/mol. The van der Waals surface area contributed by atoms with Crippen LogP contribution in [-0.4, -0.2) is 54.3 Å². The van der Waals surface area contributed by atoms with E-state index in [0.29, 0.717) is 19.0 Å². The van der Waals surface area contributed by atoms with E-state index in [2.05, 4.69) is 15.5 Å². The lowest BCUT2D eigenvalue weighted by Gasteiger charge is -2.14. The molecule has 1 aromatic heterocycles. The number of likely N-dealkylation sites (N-methyl/N-ethyl adjacent to an activating group) is 1. The highest BCUT2D eigenvalue weighted by atomic mass is 16.5. The van der Waals surface area contributed by atoms with Crippen molar-refractivity contribution in [3.63, 3.8) is 0 Å². The summed E-state index contributed by atoms with van der Waals surface area (Å²) in [6, 6.07) is 0.0891. The molecule has 0 radical (unpaired) electrons. The fourth-order valence-corrected chi connectivity index (χ4v) is 2.37. The number of hydrogen-bond donors (Lipinski definition) is 1. The maximum absolute atomic E-state index is 12.2. The molecule has 1 aromatic rings. The topological polar surface area (TPSA) is 80.5 Å². The zero-order chi connectivity index (χ0) is 14.7. The maximum atomic E-state index is 12.2. The van der Waals surface area contributed by atoms with Gasteiger partial charge in [0.05, 0.1) is 12.6 Å². The predicted molar refractivity (Wildman–Crippen MR) is 74.8 cm³/mol. The minimum Gasteiger partial charge on any atom is -0.379 e. The number of ether oxygens (including phenoxy) is 1. The van der Waals surface area contributed by atoms with Crippen LogP contribution in [0.2, 0.25) is 0 Å². The van der Waals surface area contributed by atoms with Gasteiger partial charge in [0.25, 0.3) is 11.7 Å². The van der Waals surface area contributed by atoms with Gasteiger partial charge in [0, 0.05) is 20.2 Å². The zero-order valence-electron chi connectivity index (χ0n) is 12.4. The van der Waals surface area contributed by atoms with E-state index in [1.54, 1.807) is 11.9 Å². The smallest absolute Gasteiger partial charge is 0.295 e. The standard InChI is InChI=1S/C14H22N4O3/c1-18(7-8-20-9-10-4-5-10)14(19)12-16-13(21-17-12)11-3-2-6-15-11/h10-11,15H,2-9H2,1H3. The Labute approximate surface area is 124 Å². The Kier molecular flexibility index (Phi) is 4.50. The lowest BCUT2D eigenvalue weighted by molar-refractivity contribution is 0.0668. The van der Waals surface area contributed by atoms with Gasteiger partial charge >= 0.3 is 0 Å². The van der Waals surface area contributed by atoms with Crippen molar-refractivity contribution in [2.45, 2.75) is 31.7 Å². The van der Waals surface area contributed by atoms with Crippen molar-refractivity contribution in [1.29, 1.82) is 0 Å². The van der Waals surface area contributed by atoms with Crippen molar-refractivity contribution in [3.05, 3.63) is 11.7 Å². The van der Waals surface area contributed by atoms with Crippen LogP contribution in [0.5, 0.6) is 0 Å². The Hall–Kier alpha value is -1.47. The summed E-state index contributed by atoms with van der Waals surface area (Å²) < 4.78 is 10.7. The minimum absolute atomic E-state index is 0.0891. The SMILES string of the molecule is CN(CCOCC1CC1)C(=O)c1noc(C2CCCN2)n1. The summed E-state index contributed by atoms with van der Waals surface area (Å²) in [5, 5.41) is 7.06. The molecular formula is C14H22N4O3. The number of nitrogens with one attached hydrogen (secondary N) is 1. The van der Waals surface area contributed by atoms with E-state index in [4.69, 9.17) is 9.26 Å². The summed E-state index contributed by atoms with van der Waals surface area (Å²) in [5.41, 5.74) is 0. The molecule has 2 fully saturated rings. The van der Waals surface area contributed by atoms with Crippen LogP contribution in [0.3, 0.4) is 0 Å². The molecule has 0 aromatic carbocycles. The summed E-state index contributed by atoms with van der Waals surface area (Å²) in [7, 11) is 1.73. The van der Waals surface area contributed by atoms with Crippen LogP contribution in [0.15, 0.2) is 4.52 Å². The fourth-order valence-electron chi connectivity index (χ4n) is 2.37. The lowest BCUT2D eigenvalue weighted by atomic mass is 10.2. The molecule has 1 saturated carbocycles. The number of rotatable bonds is 7. The molecule has 1 atom stereocenters.